The minimum atomic E-state index is -3.28. The standard InChI is InChI=1S/C17H18N2O5S/c1-11-15(5-4-6-16(11)19(21)22)17(20)18-12(2)13-7-9-14(10-8-13)25(3,23)24/h4-10,12H,1-3H3,(H,18,20)/t12-/m0/s1. The molecule has 0 radical (unpaired) electrons. The highest BCUT2D eigenvalue weighted by Crippen LogP contribution is 2.22. The normalized spacial score (nSPS) is 12.4. The molecule has 2 aromatic carbocycles. The molecule has 0 fully saturated rings. The molecule has 1 atom stereocenters. The Labute approximate surface area is 145 Å². The molecule has 0 saturated heterocycles. The molecule has 0 aromatic heterocycles. The van der Waals surface area contributed by atoms with Gasteiger partial charge in [-0.1, -0.05) is 18.2 Å². The molecule has 0 aliphatic carbocycles. The molecule has 2 aromatic rings. The van der Waals surface area contributed by atoms with Crippen molar-refractivity contribution in [2.24, 2.45) is 0 Å². The van der Waals surface area contributed by atoms with Crippen LogP contribution in [0.5, 0.6) is 0 Å². The first-order chi connectivity index (χ1) is 11.6. The fraction of sp³-hybridized carbons (Fsp3) is 0.235. The number of carbonyl (C=O) groups is 1. The van der Waals surface area contributed by atoms with E-state index in [1.165, 1.54) is 37.3 Å². The summed E-state index contributed by atoms with van der Waals surface area (Å²) in [7, 11) is -3.28. The van der Waals surface area contributed by atoms with Crippen LogP contribution in [-0.4, -0.2) is 25.5 Å². The van der Waals surface area contributed by atoms with E-state index in [-0.39, 0.29) is 22.2 Å². The third-order valence-corrected chi connectivity index (χ3v) is 5.03. The fourth-order valence-corrected chi connectivity index (χ4v) is 3.06. The lowest BCUT2D eigenvalue weighted by Crippen LogP contribution is -2.27. The van der Waals surface area contributed by atoms with Crippen LogP contribution in [0.2, 0.25) is 0 Å². The number of nitrogens with one attached hydrogen (secondary N) is 1. The highest BCUT2D eigenvalue weighted by molar-refractivity contribution is 7.90. The lowest BCUT2D eigenvalue weighted by Gasteiger charge is -2.15. The summed E-state index contributed by atoms with van der Waals surface area (Å²) in [4.78, 5) is 23.1. The van der Waals surface area contributed by atoms with Gasteiger partial charge in [-0.2, -0.15) is 0 Å². The number of sulfone groups is 1. The van der Waals surface area contributed by atoms with E-state index in [2.05, 4.69) is 5.32 Å². The van der Waals surface area contributed by atoms with Gasteiger partial charge in [-0.05, 0) is 37.6 Å². The van der Waals surface area contributed by atoms with Crippen molar-refractivity contribution in [2.45, 2.75) is 24.8 Å². The van der Waals surface area contributed by atoms with Gasteiger partial charge in [0.15, 0.2) is 9.84 Å². The molecular weight excluding hydrogens is 344 g/mol. The molecule has 0 bridgehead atoms. The van der Waals surface area contributed by atoms with Crippen molar-refractivity contribution in [3.8, 4) is 0 Å². The van der Waals surface area contributed by atoms with E-state index in [1.807, 2.05) is 0 Å². The van der Waals surface area contributed by atoms with Crippen LogP contribution in [0.15, 0.2) is 47.4 Å². The Kier molecular flexibility index (Phi) is 5.22. The predicted octanol–water partition coefficient (Wildman–Crippen LogP) is 2.80. The largest absolute Gasteiger partial charge is 0.346 e. The third-order valence-electron chi connectivity index (χ3n) is 3.90. The SMILES string of the molecule is Cc1c(C(=O)N[C@@H](C)c2ccc(S(C)(=O)=O)cc2)cccc1[N+](=O)[O-]. The average Bonchev–Trinajstić information content (AvgIpc) is 2.53. The van der Waals surface area contributed by atoms with Crippen molar-refractivity contribution in [1.29, 1.82) is 0 Å². The number of hydrogen-bond donors (Lipinski definition) is 1. The monoisotopic (exact) mass is 362 g/mol. The smallest absolute Gasteiger partial charge is 0.273 e. The minimum absolute atomic E-state index is 0.113. The maximum atomic E-state index is 12.4. The molecule has 132 valence electrons. The van der Waals surface area contributed by atoms with Crippen molar-refractivity contribution >= 4 is 21.4 Å². The van der Waals surface area contributed by atoms with Crippen LogP contribution in [0.25, 0.3) is 0 Å². The average molecular weight is 362 g/mol. The van der Waals surface area contributed by atoms with Crippen molar-refractivity contribution < 1.29 is 18.1 Å². The summed E-state index contributed by atoms with van der Waals surface area (Å²) in [6, 6.07) is 10.2. The van der Waals surface area contributed by atoms with Gasteiger partial charge in [0.1, 0.15) is 0 Å². The lowest BCUT2D eigenvalue weighted by molar-refractivity contribution is -0.385. The van der Waals surface area contributed by atoms with E-state index in [4.69, 9.17) is 0 Å². The second-order valence-electron chi connectivity index (χ2n) is 5.74. The number of nitrogens with zero attached hydrogens (tertiary/aromatic N) is 1. The van der Waals surface area contributed by atoms with Gasteiger partial charge >= 0.3 is 0 Å². The molecule has 2 rings (SSSR count). The zero-order valence-electron chi connectivity index (χ0n) is 14.0. The zero-order chi connectivity index (χ0) is 18.8. The Hall–Kier alpha value is -2.74. The summed E-state index contributed by atoms with van der Waals surface area (Å²) in [5.74, 6) is -0.430. The molecule has 0 aliphatic heterocycles. The number of nitro groups is 1. The zero-order valence-corrected chi connectivity index (χ0v) is 14.8. The summed E-state index contributed by atoms with van der Waals surface area (Å²) >= 11 is 0. The quantitative estimate of drug-likeness (QED) is 0.650. The molecule has 0 aliphatic rings. The highest BCUT2D eigenvalue weighted by atomic mass is 32.2. The Morgan fingerprint density at radius 2 is 1.76 bits per heavy atom. The van der Waals surface area contributed by atoms with Crippen molar-refractivity contribution in [3.63, 3.8) is 0 Å². The van der Waals surface area contributed by atoms with Crippen LogP contribution in [0.3, 0.4) is 0 Å². The van der Waals surface area contributed by atoms with Gasteiger partial charge in [-0.3, -0.25) is 14.9 Å². The Balaban J connectivity index is 2.21. The van der Waals surface area contributed by atoms with Gasteiger partial charge in [0.05, 0.1) is 15.9 Å². The lowest BCUT2D eigenvalue weighted by atomic mass is 10.0. The van der Waals surface area contributed by atoms with Gasteiger partial charge in [-0.15, -0.1) is 0 Å². The van der Waals surface area contributed by atoms with E-state index in [0.717, 1.165) is 11.8 Å². The number of rotatable bonds is 5. The first kappa shape index (κ1) is 18.6. The van der Waals surface area contributed by atoms with Crippen LogP contribution in [0, 0.1) is 17.0 Å². The van der Waals surface area contributed by atoms with Crippen LogP contribution < -0.4 is 5.32 Å². The van der Waals surface area contributed by atoms with Gasteiger partial charge in [0, 0.05) is 23.4 Å². The number of carbonyl (C=O) groups excluding carboxylic acids is 1. The molecule has 8 heteroatoms. The molecule has 0 saturated carbocycles. The minimum Gasteiger partial charge on any atom is -0.346 e. The Morgan fingerprint density at radius 3 is 2.28 bits per heavy atom. The number of amides is 1. The summed E-state index contributed by atoms with van der Waals surface area (Å²) in [5, 5.41) is 13.7. The molecule has 25 heavy (non-hydrogen) atoms. The predicted molar refractivity (Wildman–Crippen MR) is 93.3 cm³/mol. The van der Waals surface area contributed by atoms with E-state index in [9.17, 15) is 23.3 Å². The topological polar surface area (TPSA) is 106 Å². The Bertz CT molecular complexity index is 921. The number of hydrogen-bond acceptors (Lipinski definition) is 5. The summed E-state index contributed by atoms with van der Waals surface area (Å²) in [6.07, 6.45) is 1.12. The maximum Gasteiger partial charge on any atom is 0.273 e. The molecule has 0 spiro atoms. The van der Waals surface area contributed by atoms with Crippen molar-refractivity contribution in [1.82, 2.24) is 5.32 Å². The number of nitro benzene ring substituents is 1. The highest BCUT2D eigenvalue weighted by Gasteiger charge is 2.19. The number of benzene rings is 2. The maximum absolute atomic E-state index is 12.4. The van der Waals surface area contributed by atoms with Crippen LogP contribution in [0.4, 0.5) is 5.69 Å². The fourth-order valence-electron chi connectivity index (χ4n) is 2.43. The summed E-state index contributed by atoms with van der Waals surface area (Å²) in [6.45, 7) is 3.28. The molecule has 0 heterocycles. The van der Waals surface area contributed by atoms with Gasteiger partial charge in [-0.25, -0.2) is 8.42 Å². The summed E-state index contributed by atoms with van der Waals surface area (Å²) < 4.78 is 23.0. The van der Waals surface area contributed by atoms with E-state index < -0.39 is 20.7 Å². The van der Waals surface area contributed by atoms with Gasteiger partial charge < -0.3 is 5.32 Å². The third kappa shape index (κ3) is 4.21. The van der Waals surface area contributed by atoms with Gasteiger partial charge in [0.25, 0.3) is 11.6 Å². The van der Waals surface area contributed by atoms with E-state index in [0.29, 0.717) is 5.56 Å². The first-order valence-electron chi connectivity index (χ1n) is 7.46. The van der Waals surface area contributed by atoms with E-state index >= 15 is 0 Å². The van der Waals surface area contributed by atoms with Gasteiger partial charge in [0.2, 0.25) is 0 Å². The molecule has 1 N–H and O–H groups in total. The molecule has 7 nitrogen and oxygen atoms in total. The van der Waals surface area contributed by atoms with Crippen molar-refractivity contribution in [2.75, 3.05) is 6.26 Å². The molecule has 1 amide bonds. The van der Waals surface area contributed by atoms with Crippen LogP contribution >= 0.6 is 0 Å². The first-order valence-corrected chi connectivity index (χ1v) is 9.35. The van der Waals surface area contributed by atoms with Crippen LogP contribution in [0.1, 0.15) is 34.5 Å². The molecular formula is C17H18N2O5S. The molecule has 0 unspecified atom stereocenters. The second-order valence-corrected chi connectivity index (χ2v) is 7.76. The van der Waals surface area contributed by atoms with Crippen molar-refractivity contribution in [3.05, 3.63) is 69.3 Å². The Morgan fingerprint density at radius 1 is 1.16 bits per heavy atom. The second kappa shape index (κ2) is 7.02. The van der Waals surface area contributed by atoms with E-state index in [1.54, 1.807) is 19.1 Å². The summed E-state index contributed by atoms with van der Waals surface area (Å²) in [5.41, 5.74) is 1.14. The van der Waals surface area contributed by atoms with Crippen LogP contribution in [-0.2, 0) is 9.84 Å².